The molecule has 1 heterocycles. The molecule has 128 valence electrons. The van der Waals surface area contributed by atoms with Crippen molar-refractivity contribution in [1.82, 2.24) is 0 Å². The average Bonchev–Trinajstić information content (AvgIpc) is 3.10. The smallest absolute Gasteiger partial charge is 0.261 e. The van der Waals surface area contributed by atoms with Crippen molar-refractivity contribution < 1.29 is 14.2 Å². The van der Waals surface area contributed by atoms with Gasteiger partial charge in [-0.1, -0.05) is 81.4 Å². The van der Waals surface area contributed by atoms with Crippen LogP contribution in [0.25, 0.3) is 0 Å². The minimum atomic E-state index is -2.45. The van der Waals surface area contributed by atoms with Gasteiger partial charge in [-0.2, -0.15) is 0 Å². The van der Waals surface area contributed by atoms with Crippen LogP contribution in [0.5, 0.6) is 0 Å². The van der Waals surface area contributed by atoms with Crippen LogP contribution in [0.1, 0.15) is 27.2 Å². The zero-order chi connectivity index (χ0) is 17.0. The Bertz CT molecular complexity index is 591. The second kappa shape index (κ2) is 7.19. The van der Waals surface area contributed by atoms with Crippen LogP contribution in [0.4, 0.5) is 0 Å². The molecule has 3 nitrogen and oxygen atoms in total. The lowest BCUT2D eigenvalue weighted by atomic mass is 10.2. The summed E-state index contributed by atoms with van der Waals surface area (Å²) < 4.78 is 6.78. The lowest BCUT2D eigenvalue weighted by Gasteiger charge is -2.43. The van der Waals surface area contributed by atoms with E-state index < -0.39 is 8.32 Å². The lowest BCUT2D eigenvalue weighted by Crippen LogP contribution is -2.67. The molecule has 2 aromatic rings. The summed E-state index contributed by atoms with van der Waals surface area (Å²) in [6, 6.07) is 21.3. The summed E-state index contributed by atoms with van der Waals surface area (Å²) in [6.07, 6.45) is 0.907. The maximum absolute atomic E-state index is 6.78. The minimum Gasteiger partial charge on any atom is -0.405 e. The van der Waals surface area contributed by atoms with Gasteiger partial charge in [0.2, 0.25) is 0 Å². The number of benzene rings is 2. The van der Waals surface area contributed by atoms with Gasteiger partial charge in [-0.05, 0) is 15.4 Å². The fraction of sp³-hybridized carbons (Fsp3) is 0.400. The fourth-order valence-electron chi connectivity index (χ4n) is 3.46. The van der Waals surface area contributed by atoms with Crippen molar-refractivity contribution in [3.63, 3.8) is 0 Å². The van der Waals surface area contributed by atoms with Crippen molar-refractivity contribution in [1.29, 1.82) is 0 Å². The first-order valence-corrected chi connectivity index (χ1v) is 10.5. The Morgan fingerprint density at radius 3 is 1.92 bits per heavy atom. The van der Waals surface area contributed by atoms with Gasteiger partial charge in [0.15, 0.2) is 0 Å². The molecule has 2 aromatic carbocycles. The largest absolute Gasteiger partial charge is 0.405 e. The van der Waals surface area contributed by atoms with E-state index in [0.717, 1.165) is 6.42 Å². The Hall–Kier alpha value is -1.46. The topological polar surface area (TPSA) is 27.7 Å². The maximum Gasteiger partial charge on any atom is 0.261 e. The van der Waals surface area contributed by atoms with Gasteiger partial charge >= 0.3 is 0 Å². The molecule has 1 fully saturated rings. The highest BCUT2D eigenvalue weighted by atomic mass is 28.4. The van der Waals surface area contributed by atoms with Gasteiger partial charge in [-0.15, -0.1) is 0 Å². The highest BCUT2D eigenvalue weighted by Gasteiger charge is 2.50. The predicted molar refractivity (Wildman–Crippen MR) is 99.0 cm³/mol. The molecule has 24 heavy (non-hydrogen) atoms. The summed E-state index contributed by atoms with van der Waals surface area (Å²) in [6.45, 7) is 8.06. The average molecular weight is 343 g/mol. The summed E-state index contributed by atoms with van der Waals surface area (Å²) in [7, 11) is -2.45. The molecule has 0 amide bonds. The molecule has 0 spiro atoms. The Morgan fingerprint density at radius 2 is 1.50 bits per heavy atom. The standard InChI is InChI=1S/C20H26O3Si/c1-20(2,3)24(18-10-6-4-7-11-18,19-12-8-5-9-13-19)22-16-17-14-15-21-23-17/h4-13,17H,14-16H2,1-3H3. The van der Waals surface area contributed by atoms with E-state index in [0.29, 0.717) is 13.2 Å². The van der Waals surface area contributed by atoms with Crippen LogP contribution >= 0.6 is 0 Å². The maximum atomic E-state index is 6.78. The molecule has 0 N–H and O–H groups in total. The zero-order valence-corrected chi connectivity index (χ0v) is 15.7. The van der Waals surface area contributed by atoms with Crippen LogP contribution in [0, 0.1) is 0 Å². The van der Waals surface area contributed by atoms with Crippen LogP contribution in [0.15, 0.2) is 60.7 Å². The molecule has 4 heteroatoms. The molecule has 1 atom stereocenters. The van der Waals surface area contributed by atoms with Gasteiger partial charge in [-0.3, -0.25) is 0 Å². The molecule has 0 aromatic heterocycles. The Kier molecular flexibility index (Phi) is 5.20. The third-order valence-electron chi connectivity index (χ3n) is 4.63. The third kappa shape index (κ3) is 3.33. The van der Waals surface area contributed by atoms with Gasteiger partial charge in [0.1, 0.15) is 6.10 Å². The van der Waals surface area contributed by atoms with Crippen molar-refractivity contribution in [3.05, 3.63) is 60.7 Å². The number of hydrogen-bond acceptors (Lipinski definition) is 3. The molecule has 0 radical (unpaired) electrons. The Balaban J connectivity index is 2.06. The molecule has 3 rings (SSSR count). The number of hydrogen-bond donors (Lipinski definition) is 0. The minimum absolute atomic E-state index is 0.00479. The van der Waals surface area contributed by atoms with Gasteiger partial charge < -0.3 is 4.43 Å². The molecule has 1 aliphatic heterocycles. The molecule has 0 aliphatic carbocycles. The van der Waals surface area contributed by atoms with E-state index in [1.165, 1.54) is 10.4 Å². The second-order valence-electron chi connectivity index (χ2n) is 7.30. The third-order valence-corrected chi connectivity index (χ3v) is 9.63. The SMILES string of the molecule is CC(C)(C)[Si](OCC1CCOO1)(c1ccccc1)c1ccccc1. The zero-order valence-electron chi connectivity index (χ0n) is 14.7. The highest BCUT2D eigenvalue weighted by molar-refractivity contribution is 6.99. The van der Waals surface area contributed by atoms with Crippen LogP contribution in [-0.4, -0.2) is 27.6 Å². The van der Waals surface area contributed by atoms with E-state index in [9.17, 15) is 0 Å². The monoisotopic (exact) mass is 342 g/mol. The van der Waals surface area contributed by atoms with Gasteiger partial charge in [-0.25, -0.2) is 9.78 Å². The second-order valence-corrected chi connectivity index (χ2v) is 11.6. The first kappa shape index (κ1) is 17.4. The Morgan fingerprint density at radius 1 is 0.958 bits per heavy atom. The fourth-order valence-corrected chi connectivity index (χ4v) is 8.05. The summed E-state index contributed by atoms with van der Waals surface area (Å²) in [5, 5.41) is 2.58. The van der Waals surface area contributed by atoms with E-state index in [2.05, 4.69) is 81.4 Å². The first-order chi connectivity index (χ1) is 11.5. The van der Waals surface area contributed by atoms with Crippen molar-refractivity contribution >= 4 is 18.7 Å². The lowest BCUT2D eigenvalue weighted by molar-refractivity contribution is -0.277. The molecule has 0 bridgehead atoms. The molecule has 1 saturated heterocycles. The summed E-state index contributed by atoms with van der Waals surface area (Å²) in [5.74, 6) is 0. The molecular formula is C20H26O3Si. The molecular weight excluding hydrogens is 316 g/mol. The van der Waals surface area contributed by atoms with Crippen LogP contribution in [0.3, 0.4) is 0 Å². The van der Waals surface area contributed by atoms with E-state index in [4.69, 9.17) is 14.2 Å². The van der Waals surface area contributed by atoms with E-state index in [1.807, 2.05) is 0 Å². The van der Waals surface area contributed by atoms with Crippen LogP contribution in [-0.2, 0) is 14.2 Å². The molecule has 1 aliphatic rings. The normalized spacial score (nSPS) is 18.7. The van der Waals surface area contributed by atoms with Crippen LogP contribution < -0.4 is 10.4 Å². The van der Waals surface area contributed by atoms with Crippen molar-refractivity contribution in [3.8, 4) is 0 Å². The summed E-state index contributed by atoms with van der Waals surface area (Å²) in [4.78, 5) is 10.4. The van der Waals surface area contributed by atoms with Crippen molar-refractivity contribution in [2.45, 2.75) is 38.3 Å². The summed E-state index contributed by atoms with van der Waals surface area (Å²) >= 11 is 0. The first-order valence-electron chi connectivity index (χ1n) is 8.57. The predicted octanol–water partition coefficient (Wildman–Crippen LogP) is 3.28. The quantitative estimate of drug-likeness (QED) is 0.616. The van der Waals surface area contributed by atoms with Crippen molar-refractivity contribution in [2.24, 2.45) is 0 Å². The van der Waals surface area contributed by atoms with Crippen molar-refractivity contribution in [2.75, 3.05) is 13.2 Å². The highest BCUT2D eigenvalue weighted by Crippen LogP contribution is 2.37. The van der Waals surface area contributed by atoms with Gasteiger partial charge in [0.25, 0.3) is 8.32 Å². The van der Waals surface area contributed by atoms with Crippen LogP contribution in [0.2, 0.25) is 5.04 Å². The van der Waals surface area contributed by atoms with E-state index in [1.54, 1.807) is 0 Å². The molecule has 1 unspecified atom stereocenters. The van der Waals surface area contributed by atoms with Gasteiger partial charge in [0.05, 0.1) is 13.2 Å². The Labute approximate surface area is 145 Å². The van der Waals surface area contributed by atoms with E-state index >= 15 is 0 Å². The summed E-state index contributed by atoms with van der Waals surface area (Å²) in [5.41, 5.74) is 0. The number of rotatable bonds is 5. The van der Waals surface area contributed by atoms with E-state index in [-0.39, 0.29) is 11.1 Å². The molecule has 0 saturated carbocycles. The van der Waals surface area contributed by atoms with Gasteiger partial charge in [0, 0.05) is 6.42 Å².